The van der Waals surface area contributed by atoms with Gasteiger partial charge in [0.15, 0.2) is 0 Å². The number of fused-ring (bicyclic) bond motifs is 6. The van der Waals surface area contributed by atoms with Crippen molar-refractivity contribution in [2.24, 2.45) is 0 Å². The van der Waals surface area contributed by atoms with Crippen molar-refractivity contribution in [2.45, 2.75) is 86.8 Å². The second-order valence-electron chi connectivity index (χ2n) is 13.2. The Bertz CT molecular complexity index is 2000. The number of nitrogens with zero attached hydrogens (tertiary/aromatic N) is 2. The van der Waals surface area contributed by atoms with Crippen LogP contribution in [0.2, 0.25) is 0 Å². The third-order valence-electron chi connectivity index (χ3n) is 9.44. The first-order valence-electron chi connectivity index (χ1n) is 18.1. The number of hydrogen-bond donors (Lipinski definition) is 2. The largest absolute Gasteiger partial charge is 0.326 e. The van der Waals surface area contributed by atoms with Gasteiger partial charge in [0.05, 0.1) is 22.1 Å². The Morgan fingerprint density at radius 3 is 1.26 bits per heavy atom. The highest BCUT2D eigenvalue weighted by atomic mass is 32.2. The second-order valence-corrected chi connectivity index (χ2v) is 15.4. The molecule has 0 fully saturated rings. The summed E-state index contributed by atoms with van der Waals surface area (Å²) in [6.45, 7) is 0. The number of thioether (sulfide) groups is 2. The molecule has 6 nitrogen and oxygen atoms in total. The number of rotatable bonds is 0. The van der Waals surface area contributed by atoms with Crippen molar-refractivity contribution in [3.63, 3.8) is 0 Å². The summed E-state index contributed by atoms with van der Waals surface area (Å²) in [4.78, 5) is 38.4. The van der Waals surface area contributed by atoms with Crippen LogP contribution in [0.25, 0.3) is 43.6 Å². The Morgan fingerprint density at radius 1 is 0.440 bits per heavy atom. The quantitative estimate of drug-likeness (QED) is 0.153. The van der Waals surface area contributed by atoms with Crippen LogP contribution >= 0.6 is 23.5 Å². The molecule has 50 heavy (non-hydrogen) atoms. The monoisotopic (exact) mass is 700 g/mol. The molecule has 0 spiro atoms. The van der Waals surface area contributed by atoms with Gasteiger partial charge in [-0.2, -0.15) is 0 Å². The maximum Gasteiger partial charge on any atom is 0.224 e. The topological polar surface area (TPSA) is 84.0 Å². The van der Waals surface area contributed by atoms with Gasteiger partial charge in [-0.15, -0.1) is 23.5 Å². The van der Waals surface area contributed by atoms with Crippen molar-refractivity contribution in [3.05, 3.63) is 84.9 Å². The van der Waals surface area contributed by atoms with E-state index < -0.39 is 0 Å². The molecule has 6 aromatic rings. The molecule has 1 aliphatic rings. The number of carbonyl (C=O) groups is 2. The van der Waals surface area contributed by atoms with Crippen LogP contribution in [0.5, 0.6) is 0 Å². The smallest absolute Gasteiger partial charge is 0.224 e. The van der Waals surface area contributed by atoms with E-state index in [0.29, 0.717) is 11.4 Å². The van der Waals surface area contributed by atoms with Gasteiger partial charge < -0.3 is 10.6 Å². The maximum atomic E-state index is 13.1. The van der Waals surface area contributed by atoms with E-state index in [9.17, 15) is 9.59 Å². The summed E-state index contributed by atoms with van der Waals surface area (Å²) in [7, 11) is 0. The number of carbonyl (C=O) groups excluding carboxylic acids is 2. The van der Waals surface area contributed by atoms with Crippen LogP contribution in [0.3, 0.4) is 0 Å². The van der Waals surface area contributed by atoms with E-state index in [-0.39, 0.29) is 24.7 Å². The standard InChI is InChI=1S/C42H44N4O2S2/c47-39-23-24-40(48)44-30-20-22-38-34(28-30)42(32-16-10-12-18-36(32)46-38)50-26-14-8-6-4-2-1-3-5-7-13-25-49-41-31-15-9-11-17-35(31)45-37-21-19-29(43-39)27-33(37)41/h9-12,15-22,27-28H,1-8,13-14,23-26H2,(H,43,47)(H,44,48). The number of pyridine rings is 2. The zero-order valence-electron chi connectivity index (χ0n) is 28.5. The van der Waals surface area contributed by atoms with Crippen LogP contribution in [0, 0.1) is 0 Å². The molecule has 0 aliphatic carbocycles. The fourth-order valence-corrected chi connectivity index (χ4v) is 9.21. The highest BCUT2D eigenvalue weighted by molar-refractivity contribution is 8.00. The summed E-state index contributed by atoms with van der Waals surface area (Å²) < 4.78 is 0. The van der Waals surface area contributed by atoms with Gasteiger partial charge in [-0.25, -0.2) is 9.97 Å². The Balaban J connectivity index is 1.11. The molecule has 3 heterocycles. The number of amides is 2. The highest BCUT2D eigenvalue weighted by Gasteiger charge is 2.15. The lowest BCUT2D eigenvalue weighted by atomic mass is 10.1. The Labute approximate surface area is 302 Å². The molecule has 2 amide bonds. The molecule has 0 saturated heterocycles. The highest BCUT2D eigenvalue weighted by Crippen LogP contribution is 2.37. The molecule has 4 aromatic carbocycles. The molecule has 256 valence electrons. The number of benzene rings is 4. The lowest BCUT2D eigenvalue weighted by Gasteiger charge is -2.13. The predicted molar refractivity (Wildman–Crippen MR) is 213 cm³/mol. The van der Waals surface area contributed by atoms with Gasteiger partial charge in [0.1, 0.15) is 0 Å². The normalized spacial score (nSPS) is 16.7. The van der Waals surface area contributed by atoms with E-state index in [1.807, 2.05) is 72.1 Å². The molecule has 2 aromatic heterocycles. The minimum atomic E-state index is -0.191. The lowest BCUT2D eigenvalue weighted by Crippen LogP contribution is -2.17. The van der Waals surface area contributed by atoms with Crippen molar-refractivity contribution >= 4 is 90.3 Å². The third kappa shape index (κ3) is 8.41. The number of para-hydroxylation sites is 2. The summed E-state index contributed by atoms with van der Waals surface area (Å²) in [5.41, 5.74) is 5.25. The minimum Gasteiger partial charge on any atom is -0.326 e. The maximum absolute atomic E-state index is 13.1. The van der Waals surface area contributed by atoms with Crippen LogP contribution in [-0.2, 0) is 9.59 Å². The SMILES string of the molecule is O=C1CCC(=O)Nc2ccc3nc4ccccc4c(c3c2)SCCCCCCCCCCCCSc2c3ccccc3nc3ccc(cc23)N1. The molecule has 0 unspecified atom stereocenters. The van der Waals surface area contributed by atoms with Crippen molar-refractivity contribution in [2.75, 3.05) is 22.1 Å². The van der Waals surface area contributed by atoms with Crippen molar-refractivity contribution in [3.8, 4) is 0 Å². The lowest BCUT2D eigenvalue weighted by molar-refractivity contribution is -0.121. The Morgan fingerprint density at radius 2 is 0.820 bits per heavy atom. The molecule has 0 atom stereocenters. The second kappa shape index (κ2) is 16.7. The average Bonchev–Trinajstić information content (AvgIpc) is 3.13. The Kier molecular flexibility index (Phi) is 11.5. The number of hydrogen-bond acceptors (Lipinski definition) is 6. The van der Waals surface area contributed by atoms with E-state index >= 15 is 0 Å². The number of anilines is 2. The third-order valence-corrected chi connectivity index (χ3v) is 11.9. The zero-order chi connectivity index (χ0) is 34.1. The van der Waals surface area contributed by atoms with Crippen LogP contribution in [-0.4, -0.2) is 33.3 Å². The van der Waals surface area contributed by atoms with Crippen LogP contribution in [0.1, 0.15) is 77.0 Å². The number of aromatic nitrogens is 2. The molecular formula is C42H44N4O2S2. The van der Waals surface area contributed by atoms with Gasteiger partial charge in [0.2, 0.25) is 11.8 Å². The predicted octanol–water partition coefficient (Wildman–Crippen LogP) is 11.5. The first kappa shape index (κ1) is 34.3. The van der Waals surface area contributed by atoms with E-state index in [2.05, 4.69) is 47.0 Å². The van der Waals surface area contributed by atoms with Gasteiger partial charge in [-0.05, 0) is 72.9 Å². The molecular weight excluding hydrogens is 657 g/mol. The zero-order valence-corrected chi connectivity index (χ0v) is 30.1. The van der Waals surface area contributed by atoms with Crippen molar-refractivity contribution in [1.29, 1.82) is 0 Å². The Hall–Kier alpha value is -4.14. The molecule has 0 saturated carbocycles. The van der Waals surface area contributed by atoms with Gasteiger partial charge in [0, 0.05) is 55.6 Å². The summed E-state index contributed by atoms with van der Waals surface area (Å²) in [5.74, 6) is 1.72. The molecule has 0 radical (unpaired) electrons. The van der Waals surface area contributed by atoms with Gasteiger partial charge >= 0.3 is 0 Å². The average molecular weight is 701 g/mol. The fraction of sp³-hybridized carbons (Fsp3) is 0.333. The van der Waals surface area contributed by atoms with E-state index in [0.717, 1.165) is 55.1 Å². The summed E-state index contributed by atoms with van der Waals surface area (Å²) in [6, 6.07) is 28.5. The minimum absolute atomic E-state index is 0.0856. The molecule has 4 bridgehead atoms. The van der Waals surface area contributed by atoms with Gasteiger partial charge in [-0.1, -0.05) is 87.8 Å². The summed E-state index contributed by atoms with van der Waals surface area (Å²) in [6.07, 6.45) is 12.9. The molecule has 8 heteroatoms. The summed E-state index contributed by atoms with van der Waals surface area (Å²) in [5, 5.41) is 10.5. The van der Waals surface area contributed by atoms with E-state index in [1.54, 1.807) is 0 Å². The van der Waals surface area contributed by atoms with Crippen LogP contribution in [0.4, 0.5) is 11.4 Å². The summed E-state index contributed by atoms with van der Waals surface area (Å²) >= 11 is 3.79. The van der Waals surface area contributed by atoms with Crippen LogP contribution in [0.15, 0.2) is 94.7 Å². The first-order valence-corrected chi connectivity index (χ1v) is 20.1. The fourth-order valence-electron chi connectivity index (χ4n) is 6.81. The van der Waals surface area contributed by atoms with E-state index in [4.69, 9.17) is 9.97 Å². The van der Waals surface area contributed by atoms with Crippen molar-refractivity contribution in [1.82, 2.24) is 9.97 Å². The molecule has 7 rings (SSSR count). The van der Waals surface area contributed by atoms with Crippen LogP contribution < -0.4 is 10.6 Å². The van der Waals surface area contributed by atoms with Gasteiger partial charge in [-0.3, -0.25) is 9.59 Å². The molecule has 1 aliphatic heterocycles. The van der Waals surface area contributed by atoms with Gasteiger partial charge in [0.25, 0.3) is 0 Å². The number of nitrogens with one attached hydrogen (secondary N) is 2. The van der Waals surface area contributed by atoms with E-state index in [1.165, 1.54) is 74.0 Å². The van der Waals surface area contributed by atoms with Crippen molar-refractivity contribution < 1.29 is 9.59 Å². The molecule has 2 N–H and O–H groups in total. The first-order chi connectivity index (χ1) is 24.6.